The third kappa shape index (κ3) is 7.44. The van der Waals surface area contributed by atoms with E-state index in [-0.39, 0.29) is 12.6 Å². The van der Waals surface area contributed by atoms with E-state index in [9.17, 15) is 14.4 Å². The zero-order valence-electron chi connectivity index (χ0n) is 10.4. The lowest BCUT2D eigenvalue weighted by Crippen LogP contribution is -2.49. The highest BCUT2D eigenvalue weighted by molar-refractivity contribution is 5.87. The van der Waals surface area contributed by atoms with Crippen molar-refractivity contribution in [1.82, 2.24) is 10.6 Å². The Labute approximate surface area is 105 Å². The molecule has 0 rings (SSSR count). The van der Waals surface area contributed by atoms with Crippen LogP contribution >= 0.6 is 0 Å². The van der Waals surface area contributed by atoms with Gasteiger partial charge in [0.25, 0.3) is 0 Å². The molecule has 0 saturated carbocycles. The van der Waals surface area contributed by atoms with E-state index >= 15 is 0 Å². The van der Waals surface area contributed by atoms with Crippen molar-refractivity contribution in [2.45, 2.75) is 32.4 Å². The Morgan fingerprint density at radius 1 is 1.39 bits per heavy atom. The van der Waals surface area contributed by atoms with Crippen molar-refractivity contribution in [3.05, 3.63) is 0 Å². The van der Waals surface area contributed by atoms with Crippen LogP contribution in [-0.4, -0.2) is 48.3 Å². The largest absolute Gasteiger partial charge is 0.480 e. The molecule has 1 unspecified atom stereocenters. The van der Waals surface area contributed by atoms with E-state index in [1.54, 1.807) is 6.92 Å². The first-order valence-electron chi connectivity index (χ1n) is 5.53. The third-order valence-corrected chi connectivity index (χ3v) is 2.01. The second kappa shape index (κ2) is 8.29. The predicted octanol–water partition coefficient (Wildman–Crippen LogP) is -0.961. The predicted molar refractivity (Wildman–Crippen MR) is 62.9 cm³/mol. The minimum atomic E-state index is -1.33. The van der Waals surface area contributed by atoms with E-state index in [0.29, 0.717) is 6.61 Å². The molecule has 0 aliphatic rings. The number of carboxylic acid groups (broad SMARTS) is 1. The Kier molecular flexibility index (Phi) is 7.45. The van der Waals surface area contributed by atoms with Gasteiger partial charge >= 0.3 is 12.0 Å². The average molecular weight is 261 g/mol. The van der Waals surface area contributed by atoms with Crippen molar-refractivity contribution in [3.63, 3.8) is 0 Å². The number of nitrogens with two attached hydrogens (primary N) is 1. The normalized spacial score (nSPS) is 13.4. The van der Waals surface area contributed by atoms with E-state index < -0.39 is 30.4 Å². The first-order valence-corrected chi connectivity index (χ1v) is 5.53. The fraction of sp³-hybridized carbons (Fsp3) is 0.700. The summed E-state index contributed by atoms with van der Waals surface area (Å²) in [5.74, 6) is -2.12. The van der Waals surface area contributed by atoms with Crippen LogP contribution in [0, 0.1) is 0 Å². The molecule has 5 N–H and O–H groups in total. The van der Waals surface area contributed by atoms with Crippen LogP contribution in [0.1, 0.15) is 20.3 Å². The van der Waals surface area contributed by atoms with Crippen LogP contribution in [0.25, 0.3) is 0 Å². The number of carbonyl (C=O) groups excluding carboxylic acids is 2. The van der Waals surface area contributed by atoms with Crippen LogP contribution in [-0.2, 0) is 14.3 Å². The van der Waals surface area contributed by atoms with Gasteiger partial charge in [-0.25, -0.2) is 9.59 Å². The second-order valence-corrected chi connectivity index (χ2v) is 3.68. The van der Waals surface area contributed by atoms with Crippen LogP contribution in [0.5, 0.6) is 0 Å². The molecule has 3 amide bonds. The van der Waals surface area contributed by atoms with Crippen LogP contribution in [0.4, 0.5) is 4.79 Å². The third-order valence-electron chi connectivity index (χ3n) is 2.01. The summed E-state index contributed by atoms with van der Waals surface area (Å²) in [5.41, 5.74) is 4.87. The van der Waals surface area contributed by atoms with Gasteiger partial charge in [0.2, 0.25) is 5.91 Å². The minimum Gasteiger partial charge on any atom is -0.480 e. The number of hydrogen-bond acceptors (Lipinski definition) is 4. The van der Waals surface area contributed by atoms with Crippen molar-refractivity contribution in [2.75, 3.05) is 13.2 Å². The molecule has 0 aliphatic heterocycles. The van der Waals surface area contributed by atoms with Crippen LogP contribution in [0.15, 0.2) is 0 Å². The van der Waals surface area contributed by atoms with Crippen LogP contribution < -0.4 is 16.4 Å². The van der Waals surface area contributed by atoms with E-state index in [1.165, 1.54) is 0 Å². The van der Waals surface area contributed by atoms with Gasteiger partial charge in [-0.2, -0.15) is 0 Å². The Morgan fingerprint density at radius 3 is 2.44 bits per heavy atom. The number of rotatable bonds is 8. The molecule has 8 nitrogen and oxygen atoms in total. The minimum absolute atomic E-state index is 0.180. The number of primary amides is 1. The maximum absolute atomic E-state index is 11.4. The molecule has 0 heterocycles. The molecule has 0 fully saturated rings. The number of hydrogen-bond donors (Lipinski definition) is 4. The second-order valence-electron chi connectivity index (χ2n) is 3.68. The van der Waals surface area contributed by atoms with Crippen molar-refractivity contribution >= 4 is 17.9 Å². The van der Waals surface area contributed by atoms with Gasteiger partial charge in [-0.3, -0.25) is 4.79 Å². The number of carboxylic acids is 1. The SMILES string of the molecule is CCOC(C)CNC(=O)N[C@H](CC(N)=O)C(=O)O. The standard InChI is InChI=1S/C10H19N3O5/c1-3-18-6(2)5-12-10(17)13-7(9(15)16)4-8(11)14/h6-7H,3-5H2,1-2H3,(H2,11,14)(H,15,16)(H2,12,13,17)/t6?,7-/m1/s1. The Hall–Kier alpha value is -1.83. The lowest BCUT2D eigenvalue weighted by atomic mass is 10.2. The molecule has 0 aromatic carbocycles. The van der Waals surface area contributed by atoms with E-state index in [0.717, 1.165) is 0 Å². The number of ether oxygens (including phenoxy) is 1. The molecule has 104 valence electrons. The Bertz CT molecular complexity index is 308. The zero-order valence-corrected chi connectivity index (χ0v) is 10.4. The highest BCUT2D eigenvalue weighted by atomic mass is 16.5. The van der Waals surface area contributed by atoms with Gasteiger partial charge in [-0.15, -0.1) is 0 Å². The summed E-state index contributed by atoms with van der Waals surface area (Å²) in [6.07, 6.45) is -0.635. The van der Waals surface area contributed by atoms with Crippen molar-refractivity contribution in [3.8, 4) is 0 Å². The summed E-state index contributed by atoms with van der Waals surface area (Å²) < 4.78 is 5.18. The Morgan fingerprint density at radius 2 is 2.00 bits per heavy atom. The number of nitrogens with one attached hydrogen (secondary N) is 2. The van der Waals surface area contributed by atoms with Gasteiger partial charge in [0.15, 0.2) is 0 Å². The number of amides is 3. The first-order chi connectivity index (χ1) is 8.36. The maximum Gasteiger partial charge on any atom is 0.326 e. The average Bonchev–Trinajstić information content (AvgIpc) is 2.25. The molecule has 18 heavy (non-hydrogen) atoms. The molecule has 0 bridgehead atoms. The molecule has 8 heteroatoms. The summed E-state index contributed by atoms with van der Waals surface area (Å²) in [5, 5.41) is 13.3. The number of carbonyl (C=O) groups is 3. The fourth-order valence-corrected chi connectivity index (χ4v) is 1.19. The van der Waals surface area contributed by atoms with Gasteiger partial charge in [-0.05, 0) is 13.8 Å². The number of urea groups is 1. The van der Waals surface area contributed by atoms with Crippen molar-refractivity contribution in [1.29, 1.82) is 0 Å². The smallest absolute Gasteiger partial charge is 0.326 e. The van der Waals surface area contributed by atoms with Crippen molar-refractivity contribution < 1.29 is 24.2 Å². The van der Waals surface area contributed by atoms with Crippen LogP contribution in [0.3, 0.4) is 0 Å². The monoisotopic (exact) mass is 261 g/mol. The van der Waals surface area contributed by atoms with E-state index in [4.69, 9.17) is 15.6 Å². The highest BCUT2D eigenvalue weighted by Crippen LogP contribution is 1.92. The molecule has 2 atom stereocenters. The van der Waals surface area contributed by atoms with Gasteiger partial charge < -0.3 is 26.2 Å². The van der Waals surface area contributed by atoms with Gasteiger partial charge in [0, 0.05) is 13.2 Å². The van der Waals surface area contributed by atoms with E-state index in [1.807, 2.05) is 6.92 Å². The Balaban J connectivity index is 4.10. The molecule has 0 saturated heterocycles. The fourth-order valence-electron chi connectivity index (χ4n) is 1.19. The highest BCUT2D eigenvalue weighted by Gasteiger charge is 2.22. The van der Waals surface area contributed by atoms with Crippen molar-refractivity contribution in [2.24, 2.45) is 5.73 Å². The lowest BCUT2D eigenvalue weighted by Gasteiger charge is -2.16. The first kappa shape index (κ1) is 16.2. The molecule has 0 aliphatic carbocycles. The maximum atomic E-state index is 11.4. The summed E-state index contributed by atoms with van der Waals surface area (Å²) >= 11 is 0. The quantitative estimate of drug-likeness (QED) is 0.447. The van der Waals surface area contributed by atoms with Gasteiger partial charge in [0.05, 0.1) is 12.5 Å². The summed E-state index contributed by atoms with van der Waals surface area (Å²) in [6.45, 7) is 4.35. The van der Waals surface area contributed by atoms with Gasteiger partial charge in [-0.1, -0.05) is 0 Å². The topological polar surface area (TPSA) is 131 Å². The lowest BCUT2D eigenvalue weighted by molar-refractivity contribution is -0.140. The number of aliphatic carboxylic acids is 1. The van der Waals surface area contributed by atoms with E-state index in [2.05, 4.69) is 10.6 Å². The summed E-state index contributed by atoms with van der Waals surface area (Å²) in [4.78, 5) is 32.7. The van der Waals surface area contributed by atoms with Gasteiger partial charge in [0.1, 0.15) is 6.04 Å². The molecule has 0 aromatic rings. The summed E-state index contributed by atoms with van der Waals surface area (Å²) in [6, 6.07) is -2.01. The molecule has 0 radical (unpaired) electrons. The van der Waals surface area contributed by atoms with Crippen LogP contribution in [0.2, 0.25) is 0 Å². The zero-order chi connectivity index (χ0) is 14.1. The summed E-state index contributed by atoms with van der Waals surface area (Å²) in [7, 11) is 0. The molecule has 0 aromatic heterocycles. The molecule has 0 spiro atoms. The molecular weight excluding hydrogens is 242 g/mol. The molecular formula is C10H19N3O5.